The fourth-order valence-electron chi connectivity index (χ4n) is 2.50. The Morgan fingerprint density at radius 1 is 1.46 bits per heavy atom. The van der Waals surface area contributed by atoms with E-state index in [4.69, 9.17) is 0 Å². The van der Waals surface area contributed by atoms with Gasteiger partial charge in [0.15, 0.2) is 11.7 Å². The third kappa shape index (κ3) is 6.71. The van der Waals surface area contributed by atoms with Crippen LogP contribution in [0.15, 0.2) is 10.4 Å². The molecule has 1 aromatic rings. The van der Waals surface area contributed by atoms with E-state index in [9.17, 15) is 13.2 Å². The van der Waals surface area contributed by atoms with E-state index in [1.807, 2.05) is 0 Å². The van der Waals surface area contributed by atoms with Crippen LogP contribution in [0.2, 0.25) is 0 Å². The predicted molar refractivity (Wildman–Crippen MR) is 101 cm³/mol. The second-order valence-corrected chi connectivity index (χ2v) is 6.61. The third-order valence-electron chi connectivity index (χ3n) is 3.74. The SMILES string of the molecule is CN=C(NCCc1nc(C(F)(F)F)cs1)NCC1CCN(C)C1.I. The highest BCUT2D eigenvalue weighted by atomic mass is 127. The van der Waals surface area contributed by atoms with Gasteiger partial charge in [-0.15, -0.1) is 35.3 Å². The van der Waals surface area contributed by atoms with Crippen LogP contribution >= 0.6 is 35.3 Å². The maximum absolute atomic E-state index is 12.5. The smallest absolute Gasteiger partial charge is 0.356 e. The largest absolute Gasteiger partial charge is 0.434 e. The molecule has 24 heavy (non-hydrogen) atoms. The number of hydrogen-bond donors (Lipinski definition) is 2. The zero-order chi connectivity index (χ0) is 16.9. The van der Waals surface area contributed by atoms with Crippen molar-refractivity contribution in [2.24, 2.45) is 10.9 Å². The standard InChI is InChI=1S/C14H22F3N5S.HI/c1-18-13(20-7-10-4-6-22(2)8-10)19-5-3-12-21-11(9-23-12)14(15,16)17;/h9-10H,3-8H2,1-2H3,(H2,18,19,20);1H. The van der Waals surface area contributed by atoms with Gasteiger partial charge in [-0.3, -0.25) is 4.99 Å². The van der Waals surface area contributed by atoms with E-state index in [1.165, 1.54) is 6.42 Å². The first-order chi connectivity index (χ1) is 10.9. The number of alkyl halides is 3. The molecule has 1 atom stereocenters. The lowest BCUT2D eigenvalue weighted by Gasteiger charge is -2.15. The van der Waals surface area contributed by atoms with Crippen molar-refractivity contribution in [1.29, 1.82) is 0 Å². The van der Waals surface area contributed by atoms with Gasteiger partial charge >= 0.3 is 6.18 Å². The Kier molecular flexibility index (Phi) is 8.71. The van der Waals surface area contributed by atoms with Crippen LogP contribution in [0.25, 0.3) is 0 Å². The van der Waals surface area contributed by atoms with E-state index < -0.39 is 11.9 Å². The van der Waals surface area contributed by atoms with Gasteiger partial charge in [0.25, 0.3) is 0 Å². The Hall–Kier alpha value is -0.620. The molecule has 0 aliphatic carbocycles. The minimum Gasteiger partial charge on any atom is -0.356 e. The van der Waals surface area contributed by atoms with Crippen molar-refractivity contribution in [3.8, 4) is 0 Å². The number of thiazole rings is 1. The fourth-order valence-corrected chi connectivity index (χ4v) is 3.30. The molecule has 0 radical (unpaired) electrons. The Morgan fingerprint density at radius 3 is 2.75 bits per heavy atom. The molecule has 10 heteroatoms. The maximum atomic E-state index is 12.5. The summed E-state index contributed by atoms with van der Waals surface area (Å²) in [6.07, 6.45) is -2.76. The number of nitrogens with one attached hydrogen (secondary N) is 2. The topological polar surface area (TPSA) is 52.6 Å². The van der Waals surface area contributed by atoms with E-state index in [1.54, 1.807) is 7.05 Å². The zero-order valence-electron chi connectivity index (χ0n) is 13.7. The Balaban J connectivity index is 0.00000288. The molecule has 0 aromatic carbocycles. The summed E-state index contributed by atoms with van der Waals surface area (Å²) in [6.45, 7) is 3.53. The molecule has 138 valence electrons. The number of likely N-dealkylation sites (tertiary alicyclic amines) is 1. The van der Waals surface area contributed by atoms with Gasteiger partial charge in [0.2, 0.25) is 0 Å². The molecule has 1 unspecified atom stereocenters. The summed E-state index contributed by atoms with van der Waals surface area (Å²) >= 11 is 1.03. The van der Waals surface area contributed by atoms with E-state index in [0.717, 1.165) is 36.4 Å². The van der Waals surface area contributed by atoms with Crippen molar-refractivity contribution in [3.63, 3.8) is 0 Å². The lowest BCUT2D eigenvalue weighted by molar-refractivity contribution is -0.140. The van der Waals surface area contributed by atoms with Crippen LogP contribution in [0.5, 0.6) is 0 Å². The molecule has 1 aliphatic heterocycles. The summed E-state index contributed by atoms with van der Waals surface area (Å²) in [6, 6.07) is 0. The molecule has 0 spiro atoms. The van der Waals surface area contributed by atoms with Crippen LogP contribution in [-0.2, 0) is 12.6 Å². The van der Waals surface area contributed by atoms with Gasteiger partial charge in [-0.2, -0.15) is 13.2 Å². The van der Waals surface area contributed by atoms with Gasteiger partial charge in [-0.1, -0.05) is 0 Å². The molecule has 2 N–H and O–H groups in total. The lowest BCUT2D eigenvalue weighted by atomic mass is 10.1. The number of halogens is 4. The number of nitrogens with zero attached hydrogens (tertiary/aromatic N) is 3. The van der Waals surface area contributed by atoms with Gasteiger partial charge in [0.05, 0.1) is 5.01 Å². The quantitative estimate of drug-likeness (QED) is 0.389. The van der Waals surface area contributed by atoms with E-state index in [0.29, 0.717) is 29.9 Å². The van der Waals surface area contributed by atoms with Crippen LogP contribution in [0.4, 0.5) is 13.2 Å². The van der Waals surface area contributed by atoms with Crippen LogP contribution in [0.1, 0.15) is 17.1 Å². The number of aliphatic imine (C=N–C) groups is 1. The van der Waals surface area contributed by atoms with Crippen molar-refractivity contribution in [3.05, 3.63) is 16.1 Å². The Labute approximate surface area is 161 Å². The molecule has 0 bridgehead atoms. The predicted octanol–water partition coefficient (Wildman–Crippen LogP) is 2.44. The molecule has 0 amide bonds. The minimum atomic E-state index is -4.37. The van der Waals surface area contributed by atoms with Gasteiger partial charge in [-0.05, 0) is 25.9 Å². The maximum Gasteiger partial charge on any atom is 0.434 e. The van der Waals surface area contributed by atoms with Crippen LogP contribution < -0.4 is 10.6 Å². The minimum absolute atomic E-state index is 0. The van der Waals surface area contributed by atoms with Crippen molar-refractivity contribution >= 4 is 41.3 Å². The van der Waals surface area contributed by atoms with Crippen molar-refractivity contribution in [2.75, 3.05) is 40.3 Å². The summed E-state index contributed by atoms with van der Waals surface area (Å²) in [5.41, 5.74) is -0.814. The van der Waals surface area contributed by atoms with Crippen molar-refractivity contribution < 1.29 is 13.2 Å². The molecule has 2 heterocycles. The molecule has 2 rings (SSSR count). The zero-order valence-corrected chi connectivity index (χ0v) is 16.8. The molecular formula is C14H23F3IN5S. The summed E-state index contributed by atoms with van der Waals surface area (Å²) in [5, 5.41) is 7.90. The Bertz CT molecular complexity index is 535. The van der Waals surface area contributed by atoms with Crippen LogP contribution in [0.3, 0.4) is 0 Å². The number of aromatic nitrogens is 1. The molecule has 1 saturated heterocycles. The first kappa shape index (κ1) is 21.4. The molecule has 5 nitrogen and oxygen atoms in total. The molecule has 1 aromatic heterocycles. The summed E-state index contributed by atoms with van der Waals surface area (Å²) in [4.78, 5) is 10.0. The average molecular weight is 477 g/mol. The van der Waals surface area contributed by atoms with Gasteiger partial charge in [0, 0.05) is 38.5 Å². The van der Waals surface area contributed by atoms with E-state index >= 15 is 0 Å². The highest BCUT2D eigenvalue weighted by Gasteiger charge is 2.33. The second kappa shape index (κ2) is 9.76. The monoisotopic (exact) mass is 477 g/mol. The highest BCUT2D eigenvalue weighted by Crippen LogP contribution is 2.29. The molecular weight excluding hydrogens is 454 g/mol. The summed E-state index contributed by atoms with van der Waals surface area (Å²) < 4.78 is 37.4. The normalized spacial score (nSPS) is 19.2. The van der Waals surface area contributed by atoms with Crippen molar-refractivity contribution in [1.82, 2.24) is 20.5 Å². The first-order valence-corrected chi connectivity index (χ1v) is 8.41. The van der Waals surface area contributed by atoms with Crippen LogP contribution in [0, 0.1) is 5.92 Å². The second-order valence-electron chi connectivity index (χ2n) is 5.67. The van der Waals surface area contributed by atoms with E-state index in [-0.39, 0.29) is 24.0 Å². The molecule has 0 saturated carbocycles. The van der Waals surface area contributed by atoms with Gasteiger partial charge in [0.1, 0.15) is 0 Å². The highest BCUT2D eigenvalue weighted by molar-refractivity contribution is 14.0. The number of hydrogen-bond acceptors (Lipinski definition) is 4. The molecule has 1 fully saturated rings. The van der Waals surface area contributed by atoms with Crippen molar-refractivity contribution in [2.45, 2.75) is 19.0 Å². The average Bonchev–Trinajstić information content (AvgIpc) is 3.11. The first-order valence-electron chi connectivity index (χ1n) is 7.53. The summed E-state index contributed by atoms with van der Waals surface area (Å²) in [5.74, 6) is 1.28. The van der Waals surface area contributed by atoms with Crippen LogP contribution in [-0.4, -0.2) is 56.1 Å². The molecule has 1 aliphatic rings. The number of rotatable bonds is 5. The fraction of sp³-hybridized carbons (Fsp3) is 0.714. The Morgan fingerprint density at radius 2 is 2.21 bits per heavy atom. The summed E-state index contributed by atoms with van der Waals surface area (Å²) in [7, 11) is 3.79. The van der Waals surface area contributed by atoms with Gasteiger partial charge in [-0.25, -0.2) is 4.98 Å². The van der Waals surface area contributed by atoms with Gasteiger partial charge < -0.3 is 15.5 Å². The lowest BCUT2D eigenvalue weighted by Crippen LogP contribution is -2.41. The third-order valence-corrected chi connectivity index (χ3v) is 4.65. The number of guanidine groups is 1. The van der Waals surface area contributed by atoms with E-state index in [2.05, 4.69) is 32.6 Å².